The molecule has 15 heavy (non-hydrogen) atoms. The number of unbranched alkanes of at least 4 members (excludes halogenated alkanes) is 1. The first-order valence-electron chi connectivity index (χ1n) is 5.81. The number of carbonyl (C=O) groups excluding carboxylic acids is 1. The number of nitriles is 1. The standard InChI is InChI=1S/C12H20N2O/c1-10(2)5-3-4-6-14-9-11(8-13)7-12(14)15/h10-11H,3-7,9H2,1-2H3. The molecule has 84 valence electrons. The van der Waals surface area contributed by atoms with E-state index in [4.69, 9.17) is 5.26 Å². The Balaban J connectivity index is 2.17. The summed E-state index contributed by atoms with van der Waals surface area (Å²) >= 11 is 0. The molecule has 0 aromatic rings. The average Bonchev–Trinajstić information content (AvgIpc) is 2.54. The molecule has 0 radical (unpaired) electrons. The van der Waals surface area contributed by atoms with Gasteiger partial charge >= 0.3 is 0 Å². The number of hydrogen-bond donors (Lipinski definition) is 0. The molecule has 3 heteroatoms. The highest BCUT2D eigenvalue weighted by molar-refractivity contribution is 5.79. The maximum absolute atomic E-state index is 11.4. The number of nitrogens with zero attached hydrogens (tertiary/aromatic N) is 2. The molecule has 0 bridgehead atoms. The molecule has 0 spiro atoms. The summed E-state index contributed by atoms with van der Waals surface area (Å²) in [5, 5.41) is 8.72. The Kier molecular flexibility index (Phi) is 4.61. The summed E-state index contributed by atoms with van der Waals surface area (Å²) in [6, 6.07) is 2.17. The lowest BCUT2D eigenvalue weighted by Crippen LogP contribution is -2.26. The van der Waals surface area contributed by atoms with Crippen molar-refractivity contribution in [3.05, 3.63) is 0 Å². The van der Waals surface area contributed by atoms with Crippen LogP contribution in [0.4, 0.5) is 0 Å². The van der Waals surface area contributed by atoms with Crippen LogP contribution in [0.15, 0.2) is 0 Å². The maximum Gasteiger partial charge on any atom is 0.224 e. The lowest BCUT2D eigenvalue weighted by atomic mass is 10.1. The molecular formula is C12H20N2O. The summed E-state index contributed by atoms with van der Waals surface area (Å²) < 4.78 is 0. The Morgan fingerprint density at radius 2 is 2.27 bits per heavy atom. The predicted octanol–water partition coefficient (Wildman–Crippen LogP) is 2.18. The third-order valence-corrected chi connectivity index (χ3v) is 2.86. The molecule has 1 saturated heterocycles. The largest absolute Gasteiger partial charge is 0.341 e. The van der Waals surface area contributed by atoms with Crippen molar-refractivity contribution in [2.75, 3.05) is 13.1 Å². The molecule has 0 aromatic heterocycles. The smallest absolute Gasteiger partial charge is 0.224 e. The molecule has 1 fully saturated rings. The fourth-order valence-corrected chi connectivity index (χ4v) is 1.93. The van der Waals surface area contributed by atoms with Gasteiger partial charge in [0.1, 0.15) is 0 Å². The second-order valence-electron chi connectivity index (χ2n) is 4.76. The van der Waals surface area contributed by atoms with Gasteiger partial charge < -0.3 is 4.90 Å². The van der Waals surface area contributed by atoms with Crippen LogP contribution >= 0.6 is 0 Å². The van der Waals surface area contributed by atoms with Crippen LogP contribution in [0.3, 0.4) is 0 Å². The normalized spacial score (nSPS) is 21.1. The van der Waals surface area contributed by atoms with Crippen LogP contribution in [-0.2, 0) is 4.79 Å². The van der Waals surface area contributed by atoms with Crippen LogP contribution in [-0.4, -0.2) is 23.9 Å². The average molecular weight is 208 g/mol. The van der Waals surface area contributed by atoms with Crippen LogP contribution in [0.2, 0.25) is 0 Å². The molecule has 0 saturated carbocycles. The second kappa shape index (κ2) is 5.75. The van der Waals surface area contributed by atoms with Crippen molar-refractivity contribution in [2.45, 2.75) is 39.5 Å². The number of likely N-dealkylation sites (tertiary alicyclic amines) is 1. The van der Waals surface area contributed by atoms with Crippen molar-refractivity contribution in [1.29, 1.82) is 5.26 Å². The van der Waals surface area contributed by atoms with E-state index in [9.17, 15) is 4.79 Å². The van der Waals surface area contributed by atoms with Gasteiger partial charge in [-0.1, -0.05) is 26.7 Å². The van der Waals surface area contributed by atoms with Crippen LogP contribution in [0.1, 0.15) is 39.5 Å². The predicted molar refractivity (Wildman–Crippen MR) is 59.0 cm³/mol. The van der Waals surface area contributed by atoms with Gasteiger partial charge in [-0.2, -0.15) is 5.26 Å². The third kappa shape index (κ3) is 3.91. The Hall–Kier alpha value is -1.04. The fraction of sp³-hybridized carbons (Fsp3) is 0.833. The van der Waals surface area contributed by atoms with E-state index in [-0.39, 0.29) is 11.8 Å². The molecule has 1 heterocycles. The Morgan fingerprint density at radius 1 is 1.53 bits per heavy atom. The van der Waals surface area contributed by atoms with Crippen LogP contribution in [0.5, 0.6) is 0 Å². The highest BCUT2D eigenvalue weighted by Crippen LogP contribution is 2.17. The number of amides is 1. The minimum atomic E-state index is -0.0670. The molecular weight excluding hydrogens is 188 g/mol. The van der Waals surface area contributed by atoms with Gasteiger partial charge in [-0.3, -0.25) is 4.79 Å². The zero-order valence-corrected chi connectivity index (χ0v) is 9.70. The second-order valence-corrected chi connectivity index (χ2v) is 4.76. The van der Waals surface area contributed by atoms with Crippen molar-refractivity contribution in [2.24, 2.45) is 11.8 Å². The van der Waals surface area contributed by atoms with Crippen molar-refractivity contribution in [3.63, 3.8) is 0 Å². The van der Waals surface area contributed by atoms with Crippen molar-refractivity contribution in [1.82, 2.24) is 4.90 Å². The van der Waals surface area contributed by atoms with Crippen molar-refractivity contribution in [3.8, 4) is 6.07 Å². The number of rotatable bonds is 5. The Morgan fingerprint density at radius 3 is 2.80 bits per heavy atom. The molecule has 1 unspecified atom stereocenters. The summed E-state index contributed by atoms with van der Waals surface area (Å²) in [5.74, 6) is 0.833. The van der Waals surface area contributed by atoms with Gasteiger partial charge in [-0.25, -0.2) is 0 Å². The van der Waals surface area contributed by atoms with E-state index in [0.717, 1.165) is 18.9 Å². The quantitative estimate of drug-likeness (QED) is 0.650. The van der Waals surface area contributed by atoms with E-state index in [2.05, 4.69) is 19.9 Å². The fourth-order valence-electron chi connectivity index (χ4n) is 1.93. The monoisotopic (exact) mass is 208 g/mol. The zero-order chi connectivity index (χ0) is 11.3. The number of hydrogen-bond acceptors (Lipinski definition) is 2. The molecule has 0 aromatic carbocycles. The third-order valence-electron chi connectivity index (χ3n) is 2.86. The Bertz CT molecular complexity index is 255. The van der Waals surface area contributed by atoms with Gasteiger partial charge in [-0.05, 0) is 12.3 Å². The van der Waals surface area contributed by atoms with E-state index >= 15 is 0 Å². The molecule has 3 nitrogen and oxygen atoms in total. The van der Waals surface area contributed by atoms with Gasteiger partial charge in [0.15, 0.2) is 0 Å². The molecule has 1 atom stereocenters. The van der Waals surface area contributed by atoms with Gasteiger partial charge in [0, 0.05) is 19.5 Å². The van der Waals surface area contributed by atoms with E-state index in [1.807, 2.05) is 4.90 Å². The number of carbonyl (C=O) groups is 1. The van der Waals surface area contributed by atoms with Gasteiger partial charge in [0.05, 0.1) is 12.0 Å². The minimum Gasteiger partial charge on any atom is -0.341 e. The topological polar surface area (TPSA) is 44.1 Å². The lowest BCUT2D eigenvalue weighted by molar-refractivity contribution is -0.127. The highest BCUT2D eigenvalue weighted by atomic mass is 16.2. The first-order chi connectivity index (χ1) is 7.13. The Labute approximate surface area is 92.1 Å². The molecule has 1 amide bonds. The highest BCUT2D eigenvalue weighted by Gasteiger charge is 2.28. The summed E-state index contributed by atoms with van der Waals surface area (Å²) in [5.41, 5.74) is 0. The van der Waals surface area contributed by atoms with Gasteiger partial charge in [-0.15, -0.1) is 0 Å². The van der Waals surface area contributed by atoms with E-state index < -0.39 is 0 Å². The maximum atomic E-state index is 11.4. The first-order valence-corrected chi connectivity index (χ1v) is 5.81. The SMILES string of the molecule is CC(C)CCCCN1CC(C#N)CC1=O. The summed E-state index contributed by atoms with van der Waals surface area (Å²) in [6.07, 6.45) is 3.91. The van der Waals surface area contributed by atoms with Crippen LogP contribution in [0.25, 0.3) is 0 Å². The molecule has 1 aliphatic rings. The zero-order valence-electron chi connectivity index (χ0n) is 9.70. The van der Waals surface area contributed by atoms with Crippen molar-refractivity contribution < 1.29 is 4.79 Å². The van der Waals surface area contributed by atoms with Crippen LogP contribution in [0, 0.1) is 23.2 Å². The molecule has 0 aliphatic carbocycles. The molecule has 1 rings (SSSR count). The van der Waals surface area contributed by atoms with Crippen LogP contribution < -0.4 is 0 Å². The van der Waals surface area contributed by atoms with Gasteiger partial charge in [0.25, 0.3) is 0 Å². The summed E-state index contributed by atoms with van der Waals surface area (Å²) in [4.78, 5) is 13.3. The first kappa shape index (κ1) is 12.0. The van der Waals surface area contributed by atoms with E-state index in [1.165, 1.54) is 12.8 Å². The van der Waals surface area contributed by atoms with Gasteiger partial charge in [0.2, 0.25) is 5.91 Å². The van der Waals surface area contributed by atoms with Crippen molar-refractivity contribution >= 4 is 5.91 Å². The molecule has 1 aliphatic heterocycles. The van der Waals surface area contributed by atoms with E-state index in [1.54, 1.807) is 0 Å². The molecule has 0 N–H and O–H groups in total. The summed E-state index contributed by atoms with van der Waals surface area (Å²) in [6.45, 7) is 5.92. The summed E-state index contributed by atoms with van der Waals surface area (Å²) in [7, 11) is 0. The minimum absolute atomic E-state index is 0.0670. The lowest BCUT2D eigenvalue weighted by Gasteiger charge is -2.15. The van der Waals surface area contributed by atoms with E-state index in [0.29, 0.717) is 13.0 Å².